The fraction of sp³-hybridized carbons (Fsp3) is 0.650. The molecule has 0 N–H and O–H groups in total. The molecule has 1 rings (SSSR count). The first-order valence-electron chi connectivity index (χ1n) is 9.00. The largest absolute Gasteiger partial charge is 0.469 e. The van der Waals surface area contributed by atoms with Crippen molar-refractivity contribution >= 4 is 12.0 Å². The van der Waals surface area contributed by atoms with Crippen molar-refractivity contribution in [3.8, 4) is 0 Å². The fourth-order valence-corrected chi connectivity index (χ4v) is 2.58. The van der Waals surface area contributed by atoms with Gasteiger partial charge in [-0.25, -0.2) is 0 Å². The average Bonchev–Trinajstić information content (AvgIpc) is 2.90. The Bertz CT molecular complexity index is 471. The molecule has 0 saturated carbocycles. The van der Waals surface area contributed by atoms with E-state index >= 15 is 0 Å². The standard InChI is InChI=1S/C20H32O3/c1-4-5-10-13-18-16-17(2)19(23-18)14-11-8-6-7-9-12-15-20(21)22-3/h11,14,16H,4-10,12-13,15H2,1-3H3/b14-11+. The first kappa shape index (κ1) is 19.5. The van der Waals surface area contributed by atoms with Gasteiger partial charge in [0.2, 0.25) is 0 Å². The van der Waals surface area contributed by atoms with E-state index in [1.807, 2.05) is 0 Å². The van der Waals surface area contributed by atoms with Gasteiger partial charge in [-0.15, -0.1) is 0 Å². The number of hydrogen-bond acceptors (Lipinski definition) is 3. The monoisotopic (exact) mass is 320 g/mol. The van der Waals surface area contributed by atoms with Gasteiger partial charge in [0.1, 0.15) is 11.5 Å². The van der Waals surface area contributed by atoms with Gasteiger partial charge in [0.05, 0.1) is 7.11 Å². The van der Waals surface area contributed by atoms with Gasteiger partial charge in [-0.3, -0.25) is 4.79 Å². The number of esters is 1. The smallest absolute Gasteiger partial charge is 0.305 e. The Balaban J connectivity index is 2.18. The molecular formula is C20H32O3. The van der Waals surface area contributed by atoms with Crippen molar-refractivity contribution in [3.05, 3.63) is 29.2 Å². The summed E-state index contributed by atoms with van der Waals surface area (Å²) < 4.78 is 10.5. The van der Waals surface area contributed by atoms with Gasteiger partial charge in [0.25, 0.3) is 0 Å². The second-order valence-corrected chi connectivity index (χ2v) is 6.15. The Morgan fingerprint density at radius 1 is 1.17 bits per heavy atom. The molecule has 3 heteroatoms. The normalized spacial score (nSPS) is 11.3. The molecule has 0 spiro atoms. The zero-order valence-corrected chi connectivity index (χ0v) is 15.0. The summed E-state index contributed by atoms with van der Waals surface area (Å²) in [5, 5.41) is 0. The number of methoxy groups -OCH3 is 1. The number of ether oxygens (including phenoxy) is 1. The summed E-state index contributed by atoms with van der Waals surface area (Å²) in [5.74, 6) is 2.01. The molecule has 1 heterocycles. The van der Waals surface area contributed by atoms with Crippen LogP contribution in [0.25, 0.3) is 6.08 Å². The molecular weight excluding hydrogens is 288 g/mol. The third kappa shape index (κ3) is 8.63. The van der Waals surface area contributed by atoms with Crippen LogP contribution in [0.1, 0.15) is 81.8 Å². The lowest BCUT2D eigenvalue weighted by Crippen LogP contribution is -1.98. The molecule has 0 aliphatic heterocycles. The predicted octanol–water partition coefficient (Wildman–Crippen LogP) is 5.85. The first-order valence-corrected chi connectivity index (χ1v) is 9.00. The highest BCUT2D eigenvalue weighted by molar-refractivity contribution is 5.68. The highest BCUT2D eigenvalue weighted by Gasteiger charge is 2.04. The molecule has 0 aliphatic carbocycles. The molecule has 0 aromatic carbocycles. The van der Waals surface area contributed by atoms with Gasteiger partial charge in [-0.1, -0.05) is 38.7 Å². The van der Waals surface area contributed by atoms with Gasteiger partial charge in [-0.2, -0.15) is 0 Å². The number of rotatable bonds is 12. The minimum Gasteiger partial charge on any atom is -0.469 e. The van der Waals surface area contributed by atoms with Crippen LogP contribution in [0.2, 0.25) is 0 Å². The number of carbonyl (C=O) groups excluding carboxylic acids is 1. The van der Waals surface area contributed by atoms with E-state index in [1.54, 1.807) is 0 Å². The van der Waals surface area contributed by atoms with E-state index in [0.717, 1.165) is 50.0 Å². The van der Waals surface area contributed by atoms with Crippen LogP contribution in [0.3, 0.4) is 0 Å². The van der Waals surface area contributed by atoms with Crippen LogP contribution in [0.15, 0.2) is 16.6 Å². The number of carbonyl (C=O) groups is 1. The molecule has 0 bridgehead atoms. The second-order valence-electron chi connectivity index (χ2n) is 6.15. The van der Waals surface area contributed by atoms with Crippen molar-refractivity contribution < 1.29 is 13.9 Å². The lowest BCUT2D eigenvalue weighted by atomic mass is 10.1. The topological polar surface area (TPSA) is 39.4 Å². The first-order chi connectivity index (χ1) is 11.2. The van der Waals surface area contributed by atoms with Crippen LogP contribution in [0.4, 0.5) is 0 Å². The Morgan fingerprint density at radius 2 is 1.96 bits per heavy atom. The van der Waals surface area contributed by atoms with Gasteiger partial charge >= 0.3 is 5.97 Å². The highest BCUT2D eigenvalue weighted by Crippen LogP contribution is 2.19. The summed E-state index contributed by atoms with van der Waals surface area (Å²) in [7, 11) is 1.44. The SMILES string of the molecule is CCCCCc1cc(C)c(/C=C/CCCCCCC(=O)OC)o1. The quantitative estimate of drug-likeness (QED) is 0.358. The van der Waals surface area contributed by atoms with Gasteiger partial charge in [0.15, 0.2) is 0 Å². The minimum absolute atomic E-state index is 0.104. The average molecular weight is 320 g/mol. The van der Waals surface area contributed by atoms with E-state index in [-0.39, 0.29) is 5.97 Å². The van der Waals surface area contributed by atoms with E-state index in [2.05, 4.69) is 36.8 Å². The van der Waals surface area contributed by atoms with E-state index in [9.17, 15) is 4.79 Å². The number of unbranched alkanes of at least 4 members (excludes halogenated alkanes) is 6. The van der Waals surface area contributed by atoms with Crippen LogP contribution >= 0.6 is 0 Å². The summed E-state index contributed by atoms with van der Waals surface area (Å²) in [6.07, 6.45) is 15.0. The van der Waals surface area contributed by atoms with Crippen molar-refractivity contribution in [2.24, 2.45) is 0 Å². The molecule has 1 aromatic rings. The van der Waals surface area contributed by atoms with Crippen LogP contribution < -0.4 is 0 Å². The summed E-state index contributed by atoms with van der Waals surface area (Å²) in [4.78, 5) is 11.0. The molecule has 0 aliphatic rings. The second kappa shape index (κ2) is 12.0. The van der Waals surface area contributed by atoms with E-state index < -0.39 is 0 Å². The molecule has 0 amide bonds. The van der Waals surface area contributed by atoms with Crippen LogP contribution in [0.5, 0.6) is 0 Å². The molecule has 1 aromatic heterocycles. The third-order valence-corrected chi connectivity index (χ3v) is 4.03. The molecule has 0 saturated heterocycles. The Hall–Kier alpha value is -1.51. The zero-order valence-electron chi connectivity index (χ0n) is 15.0. The van der Waals surface area contributed by atoms with Crippen molar-refractivity contribution in [3.63, 3.8) is 0 Å². The minimum atomic E-state index is -0.104. The third-order valence-electron chi connectivity index (χ3n) is 4.03. The number of allylic oxidation sites excluding steroid dienone is 1. The Labute approximate surface area is 141 Å². The number of hydrogen-bond donors (Lipinski definition) is 0. The van der Waals surface area contributed by atoms with Crippen LogP contribution in [-0.2, 0) is 16.0 Å². The van der Waals surface area contributed by atoms with Crippen molar-refractivity contribution in [1.82, 2.24) is 0 Å². The summed E-state index contributed by atoms with van der Waals surface area (Å²) in [5.41, 5.74) is 1.23. The van der Waals surface area contributed by atoms with Gasteiger partial charge < -0.3 is 9.15 Å². The molecule has 3 nitrogen and oxygen atoms in total. The molecule has 0 atom stereocenters. The maximum atomic E-state index is 11.0. The van der Waals surface area contributed by atoms with Crippen molar-refractivity contribution in [1.29, 1.82) is 0 Å². The van der Waals surface area contributed by atoms with Gasteiger partial charge in [0, 0.05) is 12.8 Å². The molecule has 130 valence electrons. The van der Waals surface area contributed by atoms with Crippen LogP contribution in [-0.4, -0.2) is 13.1 Å². The fourth-order valence-electron chi connectivity index (χ4n) is 2.58. The lowest BCUT2D eigenvalue weighted by molar-refractivity contribution is -0.140. The molecule has 0 fully saturated rings. The van der Waals surface area contributed by atoms with Crippen molar-refractivity contribution in [2.45, 2.75) is 78.1 Å². The summed E-state index contributed by atoms with van der Waals surface area (Å²) in [6, 6.07) is 2.17. The zero-order chi connectivity index (χ0) is 16.9. The van der Waals surface area contributed by atoms with Gasteiger partial charge in [-0.05, 0) is 50.3 Å². The maximum Gasteiger partial charge on any atom is 0.305 e. The summed E-state index contributed by atoms with van der Waals surface area (Å²) >= 11 is 0. The maximum absolute atomic E-state index is 11.0. The van der Waals surface area contributed by atoms with E-state index in [4.69, 9.17) is 4.42 Å². The molecule has 23 heavy (non-hydrogen) atoms. The van der Waals surface area contributed by atoms with Crippen molar-refractivity contribution in [2.75, 3.05) is 7.11 Å². The predicted molar refractivity (Wildman–Crippen MR) is 95.4 cm³/mol. The summed E-state index contributed by atoms with van der Waals surface area (Å²) in [6.45, 7) is 4.33. The van der Waals surface area contributed by atoms with E-state index in [0.29, 0.717) is 6.42 Å². The number of furan rings is 1. The highest BCUT2D eigenvalue weighted by atomic mass is 16.5. The molecule has 0 radical (unpaired) electrons. The number of aryl methyl sites for hydroxylation is 2. The lowest BCUT2D eigenvalue weighted by Gasteiger charge is -1.99. The Morgan fingerprint density at radius 3 is 2.70 bits per heavy atom. The van der Waals surface area contributed by atoms with E-state index in [1.165, 1.54) is 31.9 Å². The molecule has 0 unspecified atom stereocenters. The Kier molecular flexibility index (Phi) is 10.2. The van der Waals surface area contributed by atoms with Crippen LogP contribution in [0, 0.1) is 6.92 Å².